The number of nitrogens with zero attached hydrogens (tertiary/aromatic N) is 4. The molecule has 0 unspecified atom stereocenters. The van der Waals surface area contributed by atoms with Crippen LogP contribution in [0.2, 0.25) is 0 Å². The first-order valence-electron chi connectivity index (χ1n) is 19.3. The Bertz CT molecular complexity index is 3010. The van der Waals surface area contributed by atoms with Crippen LogP contribution in [0.4, 0.5) is 0 Å². The van der Waals surface area contributed by atoms with Crippen LogP contribution in [0.15, 0.2) is 194 Å². The number of aromatic nitrogens is 3. The predicted molar refractivity (Wildman–Crippen MR) is 229 cm³/mol. The molecule has 11 rings (SSSR count). The van der Waals surface area contributed by atoms with Crippen molar-refractivity contribution in [2.45, 2.75) is 5.41 Å². The molecule has 0 atom stereocenters. The molecule has 2 heterocycles. The minimum atomic E-state index is -0.599. The van der Waals surface area contributed by atoms with E-state index in [1.807, 2.05) is 91.0 Å². The highest BCUT2D eigenvalue weighted by Gasteiger charge is 2.51. The number of hydrogen-bond acceptors (Lipinski definition) is 5. The smallest absolute Gasteiger partial charge is 0.164 e. The Kier molecular flexibility index (Phi) is 7.70. The molecule has 58 heavy (non-hydrogen) atoms. The number of hydrogen-bond donors (Lipinski definition) is 0. The summed E-state index contributed by atoms with van der Waals surface area (Å²) in [5.41, 5.74) is 13.6. The first kappa shape index (κ1) is 33.4. The molecule has 0 bridgehead atoms. The standard InChI is InChI=1S/C53H32N4O/c54-33-34-15-13-20-37(29-34)38-30-39(32-40(31-38)52-56-50(35-16-3-1-4-17-35)55-51(57-52)36-18-5-2-6-19-36)41-22-14-26-46-49(41)42-21-7-8-23-43(42)53(46)44-24-9-11-27-47(44)58-48-28-12-10-25-45(48)53/h1-32H. The van der Waals surface area contributed by atoms with E-state index in [0.29, 0.717) is 23.0 Å². The molecule has 9 aromatic rings. The van der Waals surface area contributed by atoms with Gasteiger partial charge in [0, 0.05) is 27.8 Å². The minimum Gasteiger partial charge on any atom is -0.457 e. The second kappa shape index (κ2) is 13.4. The lowest BCUT2D eigenvalue weighted by atomic mass is 9.66. The van der Waals surface area contributed by atoms with Gasteiger partial charge in [-0.1, -0.05) is 152 Å². The molecule has 2 aliphatic rings. The number of nitriles is 1. The summed E-state index contributed by atoms with van der Waals surface area (Å²) in [6, 6.07) is 69.1. The third kappa shape index (κ3) is 5.20. The molecule has 0 fully saturated rings. The van der Waals surface area contributed by atoms with Gasteiger partial charge < -0.3 is 4.74 Å². The fourth-order valence-corrected chi connectivity index (χ4v) is 8.93. The van der Waals surface area contributed by atoms with E-state index >= 15 is 0 Å². The Morgan fingerprint density at radius 1 is 0.379 bits per heavy atom. The van der Waals surface area contributed by atoms with E-state index in [9.17, 15) is 5.26 Å². The van der Waals surface area contributed by atoms with Crippen LogP contribution in [-0.4, -0.2) is 15.0 Å². The van der Waals surface area contributed by atoms with Crippen LogP contribution in [0, 0.1) is 11.3 Å². The summed E-state index contributed by atoms with van der Waals surface area (Å²) in [5.74, 6) is 3.46. The highest BCUT2D eigenvalue weighted by atomic mass is 16.5. The van der Waals surface area contributed by atoms with Gasteiger partial charge in [0.2, 0.25) is 0 Å². The van der Waals surface area contributed by atoms with E-state index in [-0.39, 0.29) is 0 Å². The number of para-hydroxylation sites is 2. The van der Waals surface area contributed by atoms with Crippen LogP contribution < -0.4 is 4.74 Å². The lowest BCUT2D eigenvalue weighted by molar-refractivity contribution is 0.436. The second-order valence-electron chi connectivity index (χ2n) is 14.6. The van der Waals surface area contributed by atoms with Crippen molar-refractivity contribution in [3.05, 3.63) is 222 Å². The van der Waals surface area contributed by atoms with E-state index in [1.54, 1.807) is 0 Å². The van der Waals surface area contributed by atoms with Crippen LogP contribution in [-0.2, 0) is 5.41 Å². The quantitative estimate of drug-likeness (QED) is 0.176. The lowest BCUT2D eigenvalue weighted by Crippen LogP contribution is -2.32. The van der Waals surface area contributed by atoms with E-state index in [4.69, 9.17) is 19.7 Å². The highest BCUT2D eigenvalue weighted by Crippen LogP contribution is 2.63. The lowest BCUT2D eigenvalue weighted by Gasteiger charge is -2.39. The van der Waals surface area contributed by atoms with Crippen LogP contribution in [0.1, 0.15) is 27.8 Å². The molecular formula is C53H32N4O. The monoisotopic (exact) mass is 740 g/mol. The summed E-state index contributed by atoms with van der Waals surface area (Å²) < 4.78 is 6.60. The zero-order chi connectivity index (χ0) is 38.6. The van der Waals surface area contributed by atoms with Crippen LogP contribution in [0.25, 0.3) is 67.5 Å². The summed E-state index contributed by atoms with van der Waals surface area (Å²) in [6.07, 6.45) is 0. The maximum absolute atomic E-state index is 9.93. The van der Waals surface area contributed by atoms with E-state index < -0.39 is 5.41 Å². The first-order chi connectivity index (χ1) is 28.7. The van der Waals surface area contributed by atoms with Gasteiger partial charge >= 0.3 is 0 Å². The maximum Gasteiger partial charge on any atom is 0.164 e. The molecule has 0 saturated carbocycles. The van der Waals surface area contributed by atoms with Crippen molar-refractivity contribution in [3.8, 4) is 85.1 Å². The molecule has 5 heteroatoms. The minimum absolute atomic E-state index is 0.559. The number of rotatable bonds is 5. The molecule has 1 spiro atoms. The summed E-state index contributed by atoms with van der Waals surface area (Å²) in [7, 11) is 0. The van der Waals surface area contributed by atoms with Crippen LogP contribution in [0.3, 0.4) is 0 Å². The molecule has 0 saturated heterocycles. The van der Waals surface area contributed by atoms with Crippen LogP contribution in [0.5, 0.6) is 11.5 Å². The van der Waals surface area contributed by atoms with Crippen molar-refractivity contribution >= 4 is 0 Å². The fraction of sp³-hybridized carbons (Fsp3) is 0.0189. The van der Waals surface area contributed by atoms with Gasteiger partial charge in [-0.2, -0.15) is 5.26 Å². The van der Waals surface area contributed by atoms with Crippen molar-refractivity contribution in [1.29, 1.82) is 5.26 Å². The molecule has 5 nitrogen and oxygen atoms in total. The van der Waals surface area contributed by atoms with Gasteiger partial charge in [0.1, 0.15) is 11.5 Å². The molecule has 270 valence electrons. The molecule has 1 aliphatic heterocycles. The van der Waals surface area contributed by atoms with Gasteiger partial charge in [0.05, 0.1) is 17.0 Å². The number of benzene rings is 8. The van der Waals surface area contributed by atoms with Crippen molar-refractivity contribution in [3.63, 3.8) is 0 Å². The van der Waals surface area contributed by atoms with Crippen molar-refractivity contribution in [1.82, 2.24) is 15.0 Å². The molecular weight excluding hydrogens is 709 g/mol. The molecule has 0 N–H and O–H groups in total. The van der Waals surface area contributed by atoms with Crippen molar-refractivity contribution in [2.75, 3.05) is 0 Å². The summed E-state index contributed by atoms with van der Waals surface area (Å²) >= 11 is 0. The Labute approximate surface area is 336 Å². The molecule has 0 amide bonds. The Morgan fingerprint density at radius 3 is 1.52 bits per heavy atom. The summed E-state index contributed by atoms with van der Waals surface area (Å²) in [4.78, 5) is 15.3. The van der Waals surface area contributed by atoms with Gasteiger partial charge in [-0.15, -0.1) is 0 Å². The Hall–Kier alpha value is -7.94. The van der Waals surface area contributed by atoms with Gasteiger partial charge in [-0.05, 0) is 87.0 Å². The summed E-state index contributed by atoms with van der Waals surface area (Å²) in [5, 5.41) is 9.93. The summed E-state index contributed by atoms with van der Waals surface area (Å²) in [6.45, 7) is 0. The third-order valence-electron chi connectivity index (χ3n) is 11.4. The van der Waals surface area contributed by atoms with Gasteiger partial charge in [-0.25, -0.2) is 15.0 Å². The SMILES string of the molecule is N#Cc1cccc(-c2cc(-c3nc(-c4ccccc4)nc(-c4ccccc4)n3)cc(-c3cccc4c3-c3ccccc3C43c4ccccc4Oc4ccccc43)c2)c1. The topological polar surface area (TPSA) is 71.7 Å². The number of ether oxygens (including phenoxy) is 1. The predicted octanol–water partition coefficient (Wildman–Crippen LogP) is 12.5. The average Bonchev–Trinajstić information content (AvgIpc) is 3.60. The molecule has 8 aromatic carbocycles. The molecule has 1 aliphatic carbocycles. The zero-order valence-electron chi connectivity index (χ0n) is 31.2. The molecule has 0 radical (unpaired) electrons. The highest BCUT2D eigenvalue weighted by molar-refractivity contribution is 5.97. The molecule has 1 aromatic heterocycles. The van der Waals surface area contributed by atoms with Gasteiger partial charge in [-0.3, -0.25) is 0 Å². The van der Waals surface area contributed by atoms with Gasteiger partial charge in [0.25, 0.3) is 0 Å². The van der Waals surface area contributed by atoms with E-state index in [1.165, 1.54) is 22.3 Å². The normalized spacial score (nSPS) is 12.7. The van der Waals surface area contributed by atoms with E-state index in [2.05, 4.69) is 109 Å². The van der Waals surface area contributed by atoms with Crippen molar-refractivity contribution < 1.29 is 4.74 Å². The Balaban J connectivity index is 1.20. The average molecular weight is 741 g/mol. The Morgan fingerprint density at radius 2 is 0.862 bits per heavy atom. The first-order valence-corrected chi connectivity index (χ1v) is 19.3. The second-order valence-corrected chi connectivity index (χ2v) is 14.6. The van der Waals surface area contributed by atoms with Crippen LogP contribution >= 0.6 is 0 Å². The van der Waals surface area contributed by atoms with Crippen molar-refractivity contribution in [2.24, 2.45) is 0 Å². The van der Waals surface area contributed by atoms with E-state index in [0.717, 1.165) is 61.6 Å². The largest absolute Gasteiger partial charge is 0.457 e. The third-order valence-corrected chi connectivity index (χ3v) is 11.4. The maximum atomic E-state index is 9.93. The fourth-order valence-electron chi connectivity index (χ4n) is 8.93. The number of fused-ring (bicyclic) bond motifs is 9. The van der Waals surface area contributed by atoms with Gasteiger partial charge in [0.15, 0.2) is 17.5 Å². The zero-order valence-corrected chi connectivity index (χ0v) is 31.2.